The number of aliphatic imine (C=N–C) groups is 1. The highest BCUT2D eigenvalue weighted by Crippen LogP contribution is 2.30. The van der Waals surface area contributed by atoms with E-state index in [9.17, 15) is 18.0 Å². The van der Waals surface area contributed by atoms with Crippen LogP contribution in [0.3, 0.4) is 0 Å². The molecule has 0 fully saturated rings. The monoisotopic (exact) mass is 449 g/mol. The highest BCUT2D eigenvalue weighted by molar-refractivity contribution is 6.30. The fourth-order valence-corrected chi connectivity index (χ4v) is 2.88. The van der Waals surface area contributed by atoms with Crippen LogP contribution in [0.5, 0.6) is 0 Å². The Morgan fingerprint density at radius 2 is 1.87 bits per heavy atom. The molecule has 1 amide bonds. The van der Waals surface area contributed by atoms with Gasteiger partial charge in [0.15, 0.2) is 0 Å². The number of hydrogen-bond acceptors (Lipinski definition) is 2. The van der Waals surface area contributed by atoms with Crippen LogP contribution in [-0.4, -0.2) is 11.9 Å². The van der Waals surface area contributed by atoms with E-state index in [4.69, 9.17) is 17.3 Å². The predicted octanol–water partition coefficient (Wildman–Crippen LogP) is 6.28. The van der Waals surface area contributed by atoms with E-state index in [0.29, 0.717) is 10.6 Å². The van der Waals surface area contributed by atoms with Crippen molar-refractivity contribution >= 4 is 34.7 Å². The average Bonchev–Trinajstić information content (AvgIpc) is 2.67. The second-order valence-corrected chi connectivity index (χ2v) is 7.65. The molecule has 0 saturated heterocycles. The molecule has 0 aliphatic rings. The molecule has 2 N–H and O–H groups in total. The number of carbonyl (C=O) groups excluding carboxylic acids is 1. The third-order valence-electron chi connectivity index (χ3n) is 4.19. The van der Waals surface area contributed by atoms with Crippen molar-refractivity contribution in [2.75, 3.05) is 4.90 Å². The molecule has 4 nitrogen and oxygen atoms in total. The van der Waals surface area contributed by atoms with Gasteiger partial charge in [0.25, 0.3) is 0 Å². The number of amides is 1. The summed E-state index contributed by atoms with van der Waals surface area (Å²) in [7, 11) is 0. The number of rotatable bonds is 6. The molecular weight excluding hydrogens is 427 g/mol. The normalized spacial score (nSPS) is 12.4. The van der Waals surface area contributed by atoms with E-state index in [2.05, 4.69) is 11.6 Å². The molecular formula is C23H23ClF3N3O. The van der Waals surface area contributed by atoms with Crippen molar-refractivity contribution in [3.8, 4) is 0 Å². The average molecular weight is 450 g/mol. The maximum atomic E-state index is 12.9. The van der Waals surface area contributed by atoms with Gasteiger partial charge in [0, 0.05) is 17.6 Å². The van der Waals surface area contributed by atoms with E-state index in [1.807, 2.05) is 19.9 Å². The van der Waals surface area contributed by atoms with Crippen LogP contribution in [0.2, 0.25) is 5.02 Å². The number of guanidine groups is 1. The molecule has 8 heteroatoms. The van der Waals surface area contributed by atoms with Gasteiger partial charge in [-0.05, 0) is 59.5 Å². The number of hydrogen-bond donors (Lipinski definition) is 1. The van der Waals surface area contributed by atoms with Gasteiger partial charge in [-0.2, -0.15) is 13.2 Å². The molecule has 31 heavy (non-hydrogen) atoms. The van der Waals surface area contributed by atoms with Gasteiger partial charge in [0.1, 0.15) is 0 Å². The van der Waals surface area contributed by atoms with Gasteiger partial charge in [0.05, 0.1) is 11.3 Å². The van der Waals surface area contributed by atoms with E-state index >= 15 is 0 Å². The molecule has 0 radical (unpaired) electrons. The lowest BCUT2D eigenvalue weighted by molar-refractivity contribution is -0.137. The van der Waals surface area contributed by atoms with Gasteiger partial charge >= 0.3 is 6.18 Å². The fourth-order valence-electron chi connectivity index (χ4n) is 2.69. The maximum Gasteiger partial charge on any atom is 0.416 e. The zero-order valence-electron chi connectivity index (χ0n) is 17.2. The summed E-state index contributed by atoms with van der Waals surface area (Å²) >= 11 is 5.97. The standard InChI is InChI=1S/C23H23ClF3N3O/c1-15(2)13-21(31)30(20-9-7-18(8-10-20)23(25,26)27)22(28)29-12-11-16(3)17-5-4-6-19(24)14-17/h4-12,14-15H,3,13H2,1-2H3,(H2,28,29)/b12-11-. The van der Waals surface area contributed by atoms with Crippen molar-refractivity contribution in [1.29, 1.82) is 0 Å². The Labute approximate surface area is 184 Å². The number of alkyl halides is 3. The second kappa shape index (κ2) is 10.3. The predicted molar refractivity (Wildman–Crippen MR) is 120 cm³/mol. The van der Waals surface area contributed by atoms with Gasteiger partial charge < -0.3 is 5.73 Å². The summed E-state index contributed by atoms with van der Waals surface area (Å²) in [5.41, 5.74) is 6.81. The smallest absolute Gasteiger partial charge is 0.369 e. The van der Waals surface area contributed by atoms with Crippen molar-refractivity contribution in [3.05, 3.63) is 83.5 Å². The van der Waals surface area contributed by atoms with Crippen molar-refractivity contribution in [2.24, 2.45) is 16.6 Å². The number of allylic oxidation sites excluding steroid dienone is 2. The number of halogens is 4. The highest BCUT2D eigenvalue weighted by atomic mass is 35.5. The first-order chi connectivity index (χ1) is 14.5. The zero-order chi connectivity index (χ0) is 23.2. The molecule has 0 unspecified atom stereocenters. The molecule has 164 valence electrons. The summed E-state index contributed by atoms with van der Waals surface area (Å²) in [6, 6.07) is 11.3. The van der Waals surface area contributed by atoms with Crippen molar-refractivity contribution < 1.29 is 18.0 Å². The zero-order valence-corrected chi connectivity index (χ0v) is 17.9. The van der Waals surface area contributed by atoms with Crippen LogP contribution >= 0.6 is 11.6 Å². The Kier molecular flexibility index (Phi) is 8.05. The Morgan fingerprint density at radius 3 is 2.42 bits per heavy atom. The highest BCUT2D eigenvalue weighted by Gasteiger charge is 2.30. The number of nitrogens with zero attached hydrogens (tertiary/aromatic N) is 2. The number of carbonyl (C=O) groups is 1. The molecule has 0 aliphatic heterocycles. The maximum absolute atomic E-state index is 12.9. The van der Waals surface area contributed by atoms with Gasteiger partial charge in [-0.3, -0.25) is 9.69 Å². The summed E-state index contributed by atoms with van der Waals surface area (Å²) in [5.74, 6) is -0.519. The molecule has 0 heterocycles. The van der Waals surface area contributed by atoms with Gasteiger partial charge in [-0.15, -0.1) is 0 Å². The summed E-state index contributed by atoms with van der Waals surface area (Å²) in [4.78, 5) is 17.9. The molecule has 0 aliphatic carbocycles. The van der Waals surface area contributed by atoms with E-state index in [0.717, 1.165) is 22.6 Å². The minimum absolute atomic E-state index is 0.0235. The second-order valence-electron chi connectivity index (χ2n) is 7.21. The molecule has 0 spiro atoms. The third kappa shape index (κ3) is 7.00. The Bertz CT molecular complexity index is 996. The molecule has 0 bridgehead atoms. The Morgan fingerprint density at radius 1 is 1.23 bits per heavy atom. The Hall–Kier alpha value is -3.06. The third-order valence-corrected chi connectivity index (χ3v) is 4.43. The first kappa shape index (κ1) is 24.2. The van der Waals surface area contributed by atoms with Crippen LogP contribution in [0.15, 0.2) is 72.4 Å². The molecule has 2 rings (SSSR count). The van der Waals surface area contributed by atoms with Crippen LogP contribution in [0.4, 0.5) is 18.9 Å². The summed E-state index contributed by atoms with van der Waals surface area (Å²) in [5, 5.41) is 0.558. The largest absolute Gasteiger partial charge is 0.416 e. The fraction of sp³-hybridized carbons (Fsp3) is 0.217. The number of anilines is 1. The minimum atomic E-state index is -4.48. The lowest BCUT2D eigenvalue weighted by Gasteiger charge is -2.23. The van der Waals surface area contributed by atoms with E-state index < -0.39 is 11.7 Å². The SMILES string of the molecule is C=C(/C=C\N=C(/N)N(C(=O)CC(C)C)c1ccc(C(F)(F)F)cc1)c1cccc(Cl)c1. The van der Waals surface area contributed by atoms with Crippen molar-refractivity contribution in [2.45, 2.75) is 26.4 Å². The van der Waals surface area contributed by atoms with E-state index in [1.54, 1.807) is 24.3 Å². The van der Waals surface area contributed by atoms with Crippen molar-refractivity contribution in [1.82, 2.24) is 0 Å². The number of nitrogens with two attached hydrogens (primary N) is 1. The van der Waals surface area contributed by atoms with Crippen LogP contribution < -0.4 is 10.6 Å². The molecule has 0 aromatic heterocycles. The summed E-state index contributed by atoms with van der Waals surface area (Å²) in [6.07, 6.45) is -1.36. The first-order valence-corrected chi connectivity index (χ1v) is 9.81. The molecule has 0 atom stereocenters. The van der Waals surface area contributed by atoms with Gasteiger partial charge in [-0.1, -0.05) is 44.2 Å². The van der Waals surface area contributed by atoms with Crippen LogP contribution in [0.1, 0.15) is 31.4 Å². The number of benzene rings is 2. The Balaban J connectivity index is 2.30. The lowest BCUT2D eigenvalue weighted by Crippen LogP contribution is -2.42. The van der Waals surface area contributed by atoms with Gasteiger partial charge in [0.2, 0.25) is 11.9 Å². The van der Waals surface area contributed by atoms with Crippen LogP contribution in [0, 0.1) is 5.92 Å². The molecule has 0 saturated carbocycles. The lowest BCUT2D eigenvalue weighted by atomic mass is 10.1. The summed E-state index contributed by atoms with van der Waals surface area (Å²) in [6.45, 7) is 7.63. The van der Waals surface area contributed by atoms with E-state index in [-0.39, 0.29) is 29.9 Å². The van der Waals surface area contributed by atoms with Crippen LogP contribution in [0.25, 0.3) is 5.57 Å². The van der Waals surface area contributed by atoms with Gasteiger partial charge in [-0.25, -0.2) is 4.99 Å². The van der Waals surface area contributed by atoms with E-state index in [1.165, 1.54) is 18.3 Å². The summed E-state index contributed by atoms with van der Waals surface area (Å²) < 4.78 is 38.6. The van der Waals surface area contributed by atoms with Crippen molar-refractivity contribution in [3.63, 3.8) is 0 Å². The topological polar surface area (TPSA) is 58.7 Å². The molecule has 2 aromatic rings. The minimum Gasteiger partial charge on any atom is -0.369 e. The molecule has 2 aromatic carbocycles. The van der Waals surface area contributed by atoms with Crippen LogP contribution in [-0.2, 0) is 11.0 Å². The first-order valence-electron chi connectivity index (χ1n) is 9.44. The quantitative estimate of drug-likeness (QED) is 0.320.